The van der Waals surface area contributed by atoms with E-state index in [1.54, 1.807) is 0 Å². The molecule has 8 heteroatoms. The van der Waals surface area contributed by atoms with Crippen molar-refractivity contribution >= 4 is 30.5 Å². The Morgan fingerprint density at radius 2 is 1.62 bits per heavy atom. The SMILES string of the molecule is NC(=O)CC[C@H](N)C(=O)OC(=O)[C@@H](N)CS. The number of hydrogen-bond acceptors (Lipinski definition) is 7. The third-order valence-electron chi connectivity index (χ3n) is 1.71. The van der Waals surface area contributed by atoms with Crippen molar-refractivity contribution in [2.24, 2.45) is 17.2 Å². The van der Waals surface area contributed by atoms with Crippen LogP contribution in [-0.2, 0) is 19.1 Å². The summed E-state index contributed by atoms with van der Waals surface area (Å²) in [6.07, 6.45) is -0.0271. The first-order valence-corrected chi connectivity index (χ1v) is 5.17. The van der Waals surface area contributed by atoms with Crippen LogP contribution in [0, 0.1) is 0 Å². The second-order valence-electron chi connectivity index (χ2n) is 3.14. The zero-order valence-corrected chi connectivity index (χ0v) is 9.48. The number of rotatable bonds is 6. The molecule has 0 fully saturated rings. The molecule has 6 N–H and O–H groups in total. The van der Waals surface area contributed by atoms with Crippen molar-refractivity contribution < 1.29 is 19.1 Å². The lowest BCUT2D eigenvalue weighted by molar-refractivity contribution is -0.161. The van der Waals surface area contributed by atoms with Crippen LogP contribution in [0.3, 0.4) is 0 Å². The van der Waals surface area contributed by atoms with E-state index in [4.69, 9.17) is 17.2 Å². The molecule has 2 atom stereocenters. The lowest BCUT2D eigenvalue weighted by Gasteiger charge is -2.11. The lowest BCUT2D eigenvalue weighted by atomic mass is 10.1. The van der Waals surface area contributed by atoms with E-state index in [9.17, 15) is 14.4 Å². The van der Waals surface area contributed by atoms with E-state index >= 15 is 0 Å². The van der Waals surface area contributed by atoms with Crippen LogP contribution in [0.1, 0.15) is 12.8 Å². The van der Waals surface area contributed by atoms with Gasteiger partial charge >= 0.3 is 11.9 Å². The minimum absolute atomic E-state index is 0.0254. The molecule has 0 aliphatic rings. The maximum atomic E-state index is 11.2. The molecule has 16 heavy (non-hydrogen) atoms. The summed E-state index contributed by atoms with van der Waals surface area (Å²) in [7, 11) is 0. The van der Waals surface area contributed by atoms with Gasteiger partial charge in [-0.3, -0.25) is 4.79 Å². The number of carbonyl (C=O) groups excluding carboxylic acids is 3. The summed E-state index contributed by atoms with van der Waals surface area (Å²) >= 11 is 3.77. The first kappa shape index (κ1) is 14.9. The molecule has 0 spiro atoms. The average molecular weight is 249 g/mol. The summed E-state index contributed by atoms with van der Waals surface area (Å²) < 4.78 is 4.37. The molecule has 0 saturated heterocycles. The molecule has 0 aromatic rings. The molecule has 0 aromatic carbocycles. The molecule has 0 unspecified atom stereocenters. The molecule has 0 aliphatic heterocycles. The van der Waals surface area contributed by atoms with Crippen molar-refractivity contribution in [3.63, 3.8) is 0 Å². The summed E-state index contributed by atoms with van der Waals surface area (Å²) in [5, 5.41) is 0. The summed E-state index contributed by atoms with van der Waals surface area (Å²) in [6, 6.07) is -2.04. The number of ether oxygens (including phenoxy) is 1. The van der Waals surface area contributed by atoms with E-state index < -0.39 is 29.9 Å². The van der Waals surface area contributed by atoms with Crippen LogP contribution < -0.4 is 17.2 Å². The predicted molar refractivity (Wildman–Crippen MR) is 59.3 cm³/mol. The summed E-state index contributed by atoms with van der Waals surface area (Å²) in [4.78, 5) is 32.7. The van der Waals surface area contributed by atoms with Gasteiger partial charge in [-0.05, 0) is 6.42 Å². The molecule has 7 nitrogen and oxygen atoms in total. The highest BCUT2D eigenvalue weighted by molar-refractivity contribution is 7.80. The van der Waals surface area contributed by atoms with Gasteiger partial charge in [-0.1, -0.05) is 0 Å². The minimum atomic E-state index is -1.07. The topological polar surface area (TPSA) is 139 Å². The van der Waals surface area contributed by atoms with Crippen LogP contribution in [0.4, 0.5) is 0 Å². The zero-order chi connectivity index (χ0) is 12.7. The summed E-state index contributed by atoms with van der Waals surface area (Å²) in [5.41, 5.74) is 15.5. The van der Waals surface area contributed by atoms with Crippen molar-refractivity contribution in [3.8, 4) is 0 Å². The Labute approximate surface area is 98.1 Å². The number of thiol groups is 1. The monoisotopic (exact) mass is 249 g/mol. The molecule has 0 bridgehead atoms. The smallest absolute Gasteiger partial charge is 0.331 e. The quantitative estimate of drug-likeness (QED) is 0.242. The third kappa shape index (κ3) is 5.69. The van der Waals surface area contributed by atoms with Crippen LogP contribution in [0.25, 0.3) is 0 Å². The molecule has 0 radical (unpaired) electrons. The van der Waals surface area contributed by atoms with Crippen molar-refractivity contribution in [3.05, 3.63) is 0 Å². The molecule has 0 saturated carbocycles. The minimum Gasteiger partial charge on any atom is -0.391 e. The average Bonchev–Trinajstić information content (AvgIpc) is 2.24. The first-order valence-electron chi connectivity index (χ1n) is 4.54. The van der Waals surface area contributed by atoms with Crippen LogP contribution in [-0.4, -0.2) is 35.7 Å². The fraction of sp³-hybridized carbons (Fsp3) is 0.625. The van der Waals surface area contributed by atoms with Gasteiger partial charge in [0.1, 0.15) is 12.1 Å². The summed E-state index contributed by atoms with van der Waals surface area (Å²) in [5.74, 6) is -2.34. The molecule has 0 rings (SSSR count). The molecular formula is C8H15N3O4S. The Morgan fingerprint density at radius 1 is 1.12 bits per heavy atom. The van der Waals surface area contributed by atoms with Crippen LogP contribution >= 0.6 is 12.6 Å². The van der Waals surface area contributed by atoms with Gasteiger partial charge in [-0.2, -0.15) is 12.6 Å². The molecule has 0 heterocycles. The fourth-order valence-electron chi connectivity index (χ4n) is 0.741. The standard InChI is InChI=1S/C8H15N3O4S/c9-4(1-2-6(11)12)7(13)15-8(14)5(10)3-16/h4-5,16H,1-3,9-10H2,(H2,11,12)/t4-,5-/m0/s1. The number of nitrogens with two attached hydrogens (primary N) is 3. The highest BCUT2D eigenvalue weighted by Crippen LogP contribution is 1.98. The Balaban J connectivity index is 4.05. The van der Waals surface area contributed by atoms with E-state index in [1.807, 2.05) is 0 Å². The van der Waals surface area contributed by atoms with Crippen LogP contribution in [0.5, 0.6) is 0 Å². The van der Waals surface area contributed by atoms with Crippen LogP contribution in [0.15, 0.2) is 0 Å². The van der Waals surface area contributed by atoms with E-state index in [0.717, 1.165) is 0 Å². The molecule has 92 valence electrons. The largest absolute Gasteiger partial charge is 0.391 e. The maximum absolute atomic E-state index is 11.2. The van der Waals surface area contributed by atoms with Gasteiger partial charge < -0.3 is 21.9 Å². The molecule has 0 aromatic heterocycles. The third-order valence-corrected chi connectivity index (χ3v) is 2.10. The van der Waals surface area contributed by atoms with Gasteiger partial charge in [0.05, 0.1) is 0 Å². The Kier molecular flexibility index (Phi) is 6.70. The highest BCUT2D eigenvalue weighted by Gasteiger charge is 2.22. The van der Waals surface area contributed by atoms with Crippen LogP contribution in [0.2, 0.25) is 0 Å². The number of carbonyl (C=O) groups is 3. The molecule has 0 aliphatic carbocycles. The van der Waals surface area contributed by atoms with E-state index in [0.29, 0.717) is 0 Å². The van der Waals surface area contributed by atoms with Gasteiger partial charge in [-0.25, -0.2) is 9.59 Å². The number of primary amides is 1. The van der Waals surface area contributed by atoms with Gasteiger partial charge in [0.15, 0.2) is 0 Å². The van der Waals surface area contributed by atoms with Gasteiger partial charge in [0.2, 0.25) is 5.91 Å². The van der Waals surface area contributed by atoms with E-state index in [-0.39, 0.29) is 18.6 Å². The van der Waals surface area contributed by atoms with Crippen molar-refractivity contribution in [1.29, 1.82) is 0 Å². The Bertz CT molecular complexity index is 284. The van der Waals surface area contributed by atoms with Gasteiger partial charge in [-0.15, -0.1) is 0 Å². The lowest BCUT2D eigenvalue weighted by Crippen LogP contribution is -2.40. The Morgan fingerprint density at radius 3 is 2.06 bits per heavy atom. The Hall–Kier alpha value is -1.12. The summed E-state index contributed by atoms with van der Waals surface area (Å²) in [6.45, 7) is 0. The highest BCUT2D eigenvalue weighted by atomic mass is 32.1. The van der Waals surface area contributed by atoms with Gasteiger partial charge in [0, 0.05) is 12.2 Å². The first-order chi connectivity index (χ1) is 7.38. The van der Waals surface area contributed by atoms with E-state index in [1.165, 1.54) is 0 Å². The van der Waals surface area contributed by atoms with Crippen molar-refractivity contribution in [2.45, 2.75) is 24.9 Å². The zero-order valence-electron chi connectivity index (χ0n) is 8.59. The number of esters is 2. The van der Waals surface area contributed by atoms with Crippen molar-refractivity contribution in [2.75, 3.05) is 5.75 Å². The maximum Gasteiger partial charge on any atom is 0.331 e. The second-order valence-corrected chi connectivity index (χ2v) is 3.51. The predicted octanol–water partition coefficient (Wildman–Crippen LogP) is -2.09. The fourth-order valence-corrected chi connectivity index (χ4v) is 0.890. The number of hydrogen-bond donors (Lipinski definition) is 4. The van der Waals surface area contributed by atoms with Gasteiger partial charge in [0.25, 0.3) is 0 Å². The normalized spacial score (nSPS) is 13.9. The van der Waals surface area contributed by atoms with Crippen molar-refractivity contribution in [1.82, 2.24) is 0 Å². The molecule has 1 amide bonds. The van der Waals surface area contributed by atoms with E-state index in [2.05, 4.69) is 17.4 Å². The molecular weight excluding hydrogens is 234 g/mol. The second kappa shape index (κ2) is 7.20. The number of amides is 1.